The maximum atomic E-state index is 12.4. The third kappa shape index (κ3) is 3.47. The topological polar surface area (TPSA) is 129 Å². The first kappa shape index (κ1) is 19.8. The van der Waals surface area contributed by atoms with Crippen LogP contribution in [0.1, 0.15) is 40.2 Å². The van der Waals surface area contributed by atoms with E-state index in [0.717, 1.165) is 12.1 Å². The van der Waals surface area contributed by atoms with E-state index in [2.05, 4.69) is 5.32 Å². The van der Waals surface area contributed by atoms with Crippen LogP contribution in [-0.4, -0.2) is 83.5 Å². The van der Waals surface area contributed by atoms with Crippen molar-refractivity contribution in [1.82, 2.24) is 10.2 Å². The third-order valence-electron chi connectivity index (χ3n) is 6.86. The van der Waals surface area contributed by atoms with E-state index in [4.69, 9.17) is 9.47 Å². The zero-order valence-electron chi connectivity index (χ0n) is 16.6. The number of likely N-dealkylation sites (tertiary alicyclic amines) is 1. The van der Waals surface area contributed by atoms with Crippen LogP contribution in [0.3, 0.4) is 0 Å². The van der Waals surface area contributed by atoms with Gasteiger partial charge in [0.15, 0.2) is 0 Å². The van der Waals surface area contributed by atoms with E-state index in [1.165, 1.54) is 0 Å². The Balaban J connectivity index is 1.25. The van der Waals surface area contributed by atoms with Crippen molar-refractivity contribution in [2.24, 2.45) is 0 Å². The molecule has 0 spiro atoms. The number of carboxylic acid groups (broad SMARTS) is 1. The summed E-state index contributed by atoms with van der Waals surface area (Å²) in [6.45, 7) is 0.277. The van der Waals surface area contributed by atoms with Gasteiger partial charge in [-0.3, -0.25) is 4.79 Å². The Morgan fingerprint density at radius 2 is 2.10 bits per heavy atom. The van der Waals surface area contributed by atoms with Gasteiger partial charge < -0.3 is 34.8 Å². The van der Waals surface area contributed by atoms with Crippen LogP contribution < -0.4 is 10.1 Å². The summed E-state index contributed by atoms with van der Waals surface area (Å²) >= 11 is 0. The molecule has 30 heavy (non-hydrogen) atoms. The monoisotopic (exact) mass is 417 g/mol. The Hall–Kier alpha value is -2.14. The standard InChI is InChI=1S/C20H26BN2O7/c24-18(5-11-8-22-3-4-29-11)23-9-12(10-23)30-17-2-1-13-14-6-16(14)21(27,28)7-15(13)19(17)20(25)26/h1-2,11-12,14,16,22,27-28H,3-10H2,(H,25,26)/q-1/t11-,14+,16+/m1/s1. The van der Waals surface area contributed by atoms with Crippen molar-refractivity contribution < 1.29 is 34.2 Å². The molecule has 0 aromatic heterocycles. The van der Waals surface area contributed by atoms with Crippen molar-refractivity contribution in [1.29, 1.82) is 0 Å². The highest BCUT2D eigenvalue weighted by atomic mass is 16.5. The second kappa shape index (κ2) is 7.23. The SMILES string of the molecule is O=C(O)c1c(OC2CN(C(=O)C[C@@H]3CNCCO3)C2)ccc2c1C[B-](O)(O)[C@H]1C[C@@H]21. The number of ether oxygens (including phenoxy) is 2. The molecule has 4 aliphatic rings. The molecular weight excluding hydrogens is 391 g/mol. The van der Waals surface area contributed by atoms with Gasteiger partial charge in [0.25, 0.3) is 0 Å². The van der Waals surface area contributed by atoms with Crippen LogP contribution in [0.2, 0.25) is 5.82 Å². The van der Waals surface area contributed by atoms with Gasteiger partial charge in [0, 0.05) is 13.1 Å². The summed E-state index contributed by atoms with van der Waals surface area (Å²) in [5.74, 6) is -1.06. The minimum atomic E-state index is -2.58. The second-order valence-corrected chi connectivity index (χ2v) is 8.98. The first-order chi connectivity index (χ1) is 14.3. The molecule has 9 nitrogen and oxygen atoms in total. The highest BCUT2D eigenvalue weighted by Crippen LogP contribution is 2.62. The number of fused-ring (bicyclic) bond motifs is 3. The number of benzene rings is 1. The van der Waals surface area contributed by atoms with Crippen molar-refractivity contribution in [2.45, 2.75) is 43.1 Å². The Labute approximate surface area is 173 Å². The molecule has 162 valence electrons. The smallest absolute Gasteiger partial charge is 0.339 e. The molecule has 1 saturated carbocycles. The minimum absolute atomic E-state index is 0.000249. The molecule has 0 bridgehead atoms. The van der Waals surface area contributed by atoms with Crippen molar-refractivity contribution in [2.75, 3.05) is 32.8 Å². The Morgan fingerprint density at radius 1 is 1.30 bits per heavy atom. The Morgan fingerprint density at radius 3 is 2.80 bits per heavy atom. The van der Waals surface area contributed by atoms with Gasteiger partial charge in [-0.2, -0.15) is 0 Å². The van der Waals surface area contributed by atoms with Gasteiger partial charge in [-0.15, -0.1) is 5.82 Å². The Kier molecular flexibility index (Phi) is 4.77. The number of nitrogens with zero attached hydrogens (tertiary/aromatic N) is 1. The van der Waals surface area contributed by atoms with Crippen LogP contribution in [0.4, 0.5) is 0 Å². The molecule has 3 atom stereocenters. The number of hydrogen-bond acceptors (Lipinski definition) is 7. The predicted octanol–water partition coefficient (Wildman–Crippen LogP) is -0.267. The van der Waals surface area contributed by atoms with Crippen LogP contribution in [-0.2, 0) is 15.9 Å². The van der Waals surface area contributed by atoms with Crippen molar-refractivity contribution in [3.05, 3.63) is 28.8 Å². The normalized spacial score (nSPS) is 29.4. The summed E-state index contributed by atoms with van der Waals surface area (Å²) in [5.41, 5.74) is 1.37. The molecule has 5 rings (SSSR count). The fourth-order valence-electron chi connectivity index (χ4n) is 5.13. The van der Waals surface area contributed by atoms with Crippen LogP contribution in [0, 0.1) is 0 Å². The number of rotatable bonds is 5. The average molecular weight is 417 g/mol. The molecule has 3 aliphatic heterocycles. The van der Waals surface area contributed by atoms with Crippen LogP contribution in [0.25, 0.3) is 0 Å². The molecule has 0 radical (unpaired) electrons. The summed E-state index contributed by atoms with van der Waals surface area (Å²) in [5, 5.41) is 33.6. The van der Waals surface area contributed by atoms with Gasteiger partial charge in [-0.05, 0) is 17.5 Å². The van der Waals surface area contributed by atoms with E-state index in [1.807, 2.05) is 6.07 Å². The molecule has 2 saturated heterocycles. The Bertz CT molecular complexity index is 880. The number of morpholine rings is 1. The van der Waals surface area contributed by atoms with E-state index in [9.17, 15) is 24.7 Å². The summed E-state index contributed by atoms with van der Waals surface area (Å²) in [6.07, 6.45) is 0.542. The van der Waals surface area contributed by atoms with E-state index >= 15 is 0 Å². The highest BCUT2D eigenvalue weighted by molar-refractivity contribution is 6.67. The fraction of sp³-hybridized carbons (Fsp3) is 0.600. The van der Waals surface area contributed by atoms with Gasteiger partial charge in [0.1, 0.15) is 17.4 Å². The lowest BCUT2D eigenvalue weighted by Gasteiger charge is -2.40. The quantitative estimate of drug-likeness (QED) is 0.483. The zero-order chi connectivity index (χ0) is 21.0. The van der Waals surface area contributed by atoms with E-state index in [0.29, 0.717) is 44.6 Å². The maximum absolute atomic E-state index is 12.4. The summed E-state index contributed by atoms with van der Waals surface area (Å²) < 4.78 is 11.5. The van der Waals surface area contributed by atoms with Crippen molar-refractivity contribution in [3.8, 4) is 5.75 Å². The van der Waals surface area contributed by atoms with Crippen LogP contribution >= 0.6 is 0 Å². The largest absolute Gasteiger partial charge is 0.583 e. The number of nitrogens with one attached hydrogen (secondary N) is 1. The number of carbonyl (C=O) groups excluding carboxylic acids is 1. The summed E-state index contributed by atoms with van der Waals surface area (Å²) in [7, 11) is 0. The van der Waals surface area contributed by atoms with E-state index in [1.54, 1.807) is 11.0 Å². The number of carboxylic acids is 1. The first-order valence-electron chi connectivity index (χ1n) is 10.6. The van der Waals surface area contributed by atoms with Crippen LogP contribution in [0.15, 0.2) is 12.1 Å². The van der Waals surface area contributed by atoms with Gasteiger partial charge >= 0.3 is 5.97 Å². The molecule has 0 unspecified atom stereocenters. The lowest BCUT2D eigenvalue weighted by molar-refractivity contribution is -0.143. The number of amides is 1. The molecule has 1 aliphatic carbocycles. The van der Waals surface area contributed by atoms with Gasteiger partial charge in [-0.1, -0.05) is 24.4 Å². The van der Waals surface area contributed by atoms with Crippen molar-refractivity contribution >= 4 is 18.4 Å². The number of aromatic carboxylic acids is 1. The summed E-state index contributed by atoms with van der Waals surface area (Å²) in [4.78, 5) is 26.1. The lowest BCUT2D eigenvalue weighted by Crippen LogP contribution is -2.57. The molecule has 3 fully saturated rings. The number of carbonyl (C=O) groups is 2. The molecule has 10 heteroatoms. The molecule has 3 heterocycles. The van der Waals surface area contributed by atoms with E-state index < -0.39 is 12.5 Å². The van der Waals surface area contributed by atoms with Gasteiger partial charge in [-0.25, -0.2) is 4.79 Å². The second-order valence-electron chi connectivity index (χ2n) is 8.98. The van der Waals surface area contributed by atoms with Crippen molar-refractivity contribution in [3.63, 3.8) is 0 Å². The van der Waals surface area contributed by atoms with Crippen LogP contribution in [0.5, 0.6) is 5.75 Å². The van der Waals surface area contributed by atoms with Gasteiger partial charge in [0.2, 0.25) is 12.5 Å². The minimum Gasteiger partial charge on any atom is -0.583 e. The lowest BCUT2D eigenvalue weighted by atomic mass is 9.45. The first-order valence-corrected chi connectivity index (χ1v) is 10.6. The molecule has 1 aromatic rings. The molecule has 1 aromatic carbocycles. The third-order valence-corrected chi connectivity index (χ3v) is 6.86. The number of hydrogen-bond donors (Lipinski definition) is 4. The molecular formula is C20H26BN2O7-. The fourth-order valence-corrected chi connectivity index (χ4v) is 5.13. The maximum Gasteiger partial charge on any atom is 0.339 e. The average Bonchev–Trinajstić information content (AvgIpc) is 3.46. The van der Waals surface area contributed by atoms with Gasteiger partial charge in [0.05, 0.1) is 32.2 Å². The summed E-state index contributed by atoms with van der Waals surface area (Å²) in [6, 6.07) is 3.51. The zero-order valence-corrected chi connectivity index (χ0v) is 16.6. The molecule has 4 N–H and O–H groups in total. The molecule has 1 amide bonds. The highest BCUT2D eigenvalue weighted by Gasteiger charge is 2.52. The predicted molar refractivity (Wildman–Crippen MR) is 107 cm³/mol. The van der Waals surface area contributed by atoms with E-state index in [-0.39, 0.29) is 47.5 Å².